The molecule has 36 heavy (non-hydrogen) atoms. The van der Waals surface area contributed by atoms with E-state index in [2.05, 4.69) is 5.32 Å². The van der Waals surface area contributed by atoms with E-state index < -0.39 is 28.5 Å². The third-order valence-electron chi connectivity index (χ3n) is 5.30. The zero-order valence-electron chi connectivity index (χ0n) is 21.1. The van der Waals surface area contributed by atoms with Gasteiger partial charge in [0.05, 0.1) is 28.6 Å². The first kappa shape index (κ1) is 29.7. The van der Waals surface area contributed by atoms with Crippen LogP contribution in [0.5, 0.6) is 5.75 Å². The molecule has 2 rings (SSSR count). The number of sulfonamides is 1. The molecule has 2 aromatic carbocycles. The van der Waals surface area contributed by atoms with Crippen LogP contribution in [0.1, 0.15) is 33.3 Å². The van der Waals surface area contributed by atoms with E-state index in [1.807, 2.05) is 20.8 Å². The van der Waals surface area contributed by atoms with Gasteiger partial charge < -0.3 is 15.0 Å². The number of hydrogen-bond donors (Lipinski definition) is 1. The van der Waals surface area contributed by atoms with Crippen LogP contribution in [-0.2, 0) is 26.2 Å². The molecule has 0 aliphatic carbocycles. The number of ether oxygens (including phenoxy) is 1. The van der Waals surface area contributed by atoms with Gasteiger partial charge in [-0.15, -0.1) is 0 Å². The van der Waals surface area contributed by atoms with E-state index in [0.29, 0.717) is 40.2 Å². The van der Waals surface area contributed by atoms with Crippen LogP contribution in [0.15, 0.2) is 42.5 Å². The summed E-state index contributed by atoms with van der Waals surface area (Å²) in [5.41, 5.74) is 0.953. The van der Waals surface area contributed by atoms with E-state index in [9.17, 15) is 18.0 Å². The molecule has 0 unspecified atom stereocenters. The zero-order chi connectivity index (χ0) is 27.0. The minimum atomic E-state index is -3.82. The molecule has 1 N–H and O–H groups in total. The second kappa shape index (κ2) is 13.2. The number of rotatable bonds is 12. The predicted molar refractivity (Wildman–Crippen MR) is 144 cm³/mol. The third kappa shape index (κ3) is 8.57. The topological polar surface area (TPSA) is 96.0 Å². The van der Waals surface area contributed by atoms with Gasteiger partial charge in [0.2, 0.25) is 21.8 Å². The van der Waals surface area contributed by atoms with Crippen LogP contribution in [0.25, 0.3) is 0 Å². The highest BCUT2D eigenvalue weighted by Gasteiger charge is 2.30. The largest absolute Gasteiger partial charge is 0.494 e. The number of carbonyl (C=O) groups excluding carboxylic acids is 2. The maximum Gasteiger partial charge on any atom is 0.244 e. The fourth-order valence-corrected chi connectivity index (χ4v) is 4.53. The van der Waals surface area contributed by atoms with E-state index in [4.69, 9.17) is 27.9 Å². The predicted octanol–water partition coefficient (Wildman–Crippen LogP) is 4.35. The molecule has 11 heteroatoms. The van der Waals surface area contributed by atoms with Crippen molar-refractivity contribution in [1.29, 1.82) is 0 Å². The molecule has 0 aliphatic rings. The van der Waals surface area contributed by atoms with E-state index in [1.54, 1.807) is 49.4 Å². The van der Waals surface area contributed by atoms with Crippen molar-refractivity contribution < 1.29 is 22.7 Å². The van der Waals surface area contributed by atoms with Gasteiger partial charge >= 0.3 is 0 Å². The van der Waals surface area contributed by atoms with Gasteiger partial charge in [-0.25, -0.2) is 8.42 Å². The highest BCUT2D eigenvalue weighted by molar-refractivity contribution is 7.92. The quantitative estimate of drug-likeness (QED) is 0.418. The third-order valence-corrected chi connectivity index (χ3v) is 7.18. The Morgan fingerprint density at radius 3 is 2.19 bits per heavy atom. The number of carbonyl (C=O) groups is 2. The van der Waals surface area contributed by atoms with Crippen molar-refractivity contribution in [2.45, 2.75) is 40.3 Å². The van der Waals surface area contributed by atoms with Crippen LogP contribution < -0.4 is 14.4 Å². The molecule has 0 aliphatic heterocycles. The molecule has 0 fully saturated rings. The van der Waals surface area contributed by atoms with Gasteiger partial charge in [0.1, 0.15) is 18.3 Å². The maximum absolute atomic E-state index is 13.5. The van der Waals surface area contributed by atoms with Crippen molar-refractivity contribution >= 4 is 50.7 Å². The molecule has 0 radical (unpaired) electrons. The van der Waals surface area contributed by atoms with Crippen molar-refractivity contribution in [3.05, 3.63) is 58.1 Å². The highest BCUT2D eigenvalue weighted by atomic mass is 35.5. The van der Waals surface area contributed by atoms with E-state index in [-0.39, 0.29) is 18.4 Å². The summed E-state index contributed by atoms with van der Waals surface area (Å²) in [7, 11) is -3.82. The number of amides is 2. The normalized spacial score (nSPS) is 12.2. The Morgan fingerprint density at radius 2 is 1.67 bits per heavy atom. The summed E-state index contributed by atoms with van der Waals surface area (Å²) in [6, 6.07) is 10.5. The van der Waals surface area contributed by atoms with Gasteiger partial charge in [-0.3, -0.25) is 13.9 Å². The number of nitrogens with one attached hydrogen (secondary N) is 1. The molecule has 8 nitrogen and oxygen atoms in total. The summed E-state index contributed by atoms with van der Waals surface area (Å²) < 4.78 is 31.7. The van der Waals surface area contributed by atoms with E-state index >= 15 is 0 Å². The first-order valence-electron chi connectivity index (χ1n) is 11.5. The SMILES string of the molecule is CCOc1ccc(N(CC(=O)N(Cc2ccc(Cl)c(Cl)c2)[C@H](C)C(=O)NCC(C)C)S(C)(=O)=O)cc1. The summed E-state index contributed by atoms with van der Waals surface area (Å²) in [5.74, 6) is -0.0878. The van der Waals surface area contributed by atoms with Crippen molar-refractivity contribution in [1.82, 2.24) is 10.2 Å². The monoisotopic (exact) mass is 557 g/mol. The van der Waals surface area contributed by atoms with Crippen molar-refractivity contribution in [3.8, 4) is 5.75 Å². The van der Waals surface area contributed by atoms with Crippen molar-refractivity contribution in [2.24, 2.45) is 5.92 Å². The Morgan fingerprint density at radius 1 is 1.03 bits per heavy atom. The van der Waals surface area contributed by atoms with E-state index in [1.165, 1.54) is 4.90 Å². The molecule has 0 aromatic heterocycles. The minimum Gasteiger partial charge on any atom is -0.494 e. The lowest BCUT2D eigenvalue weighted by atomic mass is 10.1. The summed E-state index contributed by atoms with van der Waals surface area (Å²) >= 11 is 12.2. The summed E-state index contributed by atoms with van der Waals surface area (Å²) in [6.07, 6.45) is 1.03. The molecule has 0 saturated heterocycles. The van der Waals surface area contributed by atoms with Gasteiger partial charge in [0.15, 0.2) is 0 Å². The van der Waals surface area contributed by atoms with Crippen molar-refractivity contribution in [2.75, 3.05) is 30.3 Å². The second-order valence-corrected chi connectivity index (χ2v) is 11.5. The fraction of sp³-hybridized carbons (Fsp3) is 0.440. The average molecular weight is 559 g/mol. The Balaban J connectivity index is 2.37. The average Bonchev–Trinajstić information content (AvgIpc) is 2.81. The highest BCUT2D eigenvalue weighted by Crippen LogP contribution is 2.25. The van der Waals surface area contributed by atoms with Crippen LogP contribution in [0.4, 0.5) is 5.69 Å². The molecule has 198 valence electrons. The Labute approximate surface area is 223 Å². The molecule has 1 atom stereocenters. The molecular weight excluding hydrogens is 525 g/mol. The molecule has 0 heterocycles. The first-order chi connectivity index (χ1) is 16.8. The van der Waals surface area contributed by atoms with Crippen LogP contribution >= 0.6 is 23.2 Å². The summed E-state index contributed by atoms with van der Waals surface area (Å²) in [5, 5.41) is 3.50. The van der Waals surface area contributed by atoms with Crippen LogP contribution in [0.3, 0.4) is 0 Å². The van der Waals surface area contributed by atoms with Crippen LogP contribution in [-0.4, -0.2) is 57.1 Å². The van der Waals surface area contributed by atoms with Gasteiger partial charge in [0, 0.05) is 13.1 Å². The number of benzene rings is 2. The van der Waals surface area contributed by atoms with Gasteiger partial charge in [-0.2, -0.15) is 0 Å². The minimum absolute atomic E-state index is 0.0346. The summed E-state index contributed by atoms with van der Waals surface area (Å²) in [4.78, 5) is 27.7. The lowest BCUT2D eigenvalue weighted by Gasteiger charge is -2.31. The Kier molecular flexibility index (Phi) is 10.9. The van der Waals surface area contributed by atoms with Crippen molar-refractivity contribution in [3.63, 3.8) is 0 Å². The molecular formula is C25H33Cl2N3O5S. The zero-order valence-corrected chi connectivity index (χ0v) is 23.5. The van der Waals surface area contributed by atoms with Crippen LogP contribution in [0.2, 0.25) is 10.0 Å². The Bertz CT molecular complexity index is 1160. The molecule has 0 spiro atoms. The standard InChI is InChI=1S/C25H33Cl2N3O5S/c1-6-35-21-10-8-20(9-11-21)30(36(5,33)34)16-24(31)29(18(4)25(32)28-14-17(2)3)15-19-7-12-22(26)23(27)13-19/h7-13,17-18H,6,14-16H2,1-5H3,(H,28,32)/t18-/m1/s1. The summed E-state index contributed by atoms with van der Waals surface area (Å²) in [6.45, 7) is 7.83. The molecule has 0 bridgehead atoms. The fourth-order valence-electron chi connectivity index (χ4n) is 3.36. The van der Waals surface area contributed by atoms with Gasteiger partial charge in [-0.1, -0.05) is 43.1 Å². The number of nitrogens with zero attached hydrogens (tertiary/aromatic N) is 2. The lowest BCUT2D eigenvalue weighted by molar-refractivity contribution is -0.139. The molecule has 2 amide bonds. The van der Waals surface area contributed by atoms with Crippen LogP contribution in [0, 0.1) is 5.92 Å². The molecule has 2 aromatic rings. The maximum atomic E-state index is 13.5. The first-order valence-corrected chi connectivity index (χ1v) is 14.2. The number of anilines is 1. The number of hydrogen-bond acceptors (Lipinski definition) is 5. The van der Waals surface area contributed by atoms with E-state index in [0.717, 1.165) is 10.6 Å². The lowest BCUT2D eigenvalue weighted by Crippen LogP contribution is -2.51. The Hall–Kier alpha value is -2.49. The van der Waals surface area contributed by atoms with Gasteiger partial charge in [-0.05, 0) is 61.7 Å². The smallest absolute Gasteiger partial charge is 0.244 e. The number of halogens is 2. The second-order valence-electron chi connectivity index (χ2n) is 8.78. The molecule has 0 saturated carbocycles. The van der Waals surface area contributed by atoms with Gasteiger partial charge in [0.25, 0.3) is 0 Å².